The Morgan fingerprint density at radius 1 is 1.35 bits per heavy atom. The molecule has 96 valence electrons. The first-order valence-electron chi connectivity index (χ1n) is 6.23. The second-order valence-electron chi connectivity index (χ2n) is 4.60. The van der Waals surface area contributed by atoms with E-state index in [1.807, 2.05) is 0 Å². The SMILES string of the molecule is CCC(CC)N(C)c1nc(C(C)C)c(C=O)s1. The monoisotopic (exact) mass is 254 g/mol. The van der Waals surface area contributed by atoms with Crippen molar-refractivity contribution in [2.75, 3.05) is 11.9 Å². The summed E-state index contributed by atoms with van der Waals surface area (Å²) < 4.78 is 0. The van der Waals surface area contributed by atoms with Crippen LogP contribution in [0.2, 0.25) is 0 Å². The summed E-state index contributed by atoms with van der Waals surface area (Å²) in [7, 11) is 2.06. The second kappa shape index (κ2) is 6.15. The number of nitrogens with zero attached hydrogens (tertiary/aromatic N) is 2. The lowest BCUT2D eigenvalue weighted by molar-refractivity contribution is 0.112. The van der Waals surface area contributed by atoms with Crippen molar-refractivity contribution in [2.45, 2.75) is 52.5 Å². The number of rotatable bonds is 6. The fourth-order valence-corrected chi connectivity index (χ4v) is 3.04. The Morgan fingerprint density at radius 2 is 1.94 bits per heavy atom. The number of aldehydes is 1. The van der Waals surface area contributed by atoms with Crippen LogP contribution < -0.4 is 4.90 Å². The van der Waals surface area contributed by atoms with Crippen molar-refractivity contribution in [1.29, 1.82) is 0 Å². The highest BCUT2D eigenvalue weighted by Gasteiger charge is 2.19. The summed E-state index contributed by atoms with van der Waals surface area (Å²) in [6, 6.07) is 0.501. The van der Waals surface area contributed by atoms with E-state index in [-0.39, 0.29) is 0 Å². The zero-order valence-corrected chi connectivity index (χ0v) is 12.2. The molecule has 0 saturated heterocycles. The van der Waals surface area contributed by atoms with E-state index in [1.165, 1.54) is 11.3 Å². The number of thiazole rings is 1. The van der Waals surface area contributed by atoms with Crippen molar-refractivity contribution in [1.82, 2.24) is 4.98 Å². The standard InChI is InChI=1S/C13H22N2OS/c1-6-10(7-2)15(5)13-14-12(9(3)4)11(8-16)17-13/h8-10H,6-7H2,1-5H3. The molecule has 0 atom stereocenters. The topological polar surface area (TPSA) is 33.2 Å². The average molecular weight is 254 g/mol. The molecule has 1 heterocycles. The summed E-state index contributed by atoms with van der Waals surface area (Å²) in [4.78, 5) is 18.6. The van der Waals surface area contributed by atoms with Crippen molar-refractivity contribution in [3.05, 3.63) is 10.6 Å². The number of anilines is 1. The number of aromatic nitrogens is 1. The van der Waals surface area contributed by atoms with Gasteiger partial charge in [0.1, 0.15) is 0 Å². The molecule has 1 aromatic rings. The molecule has 17 heavy (non-hydrogen) atoms. The zero-order valence-electron chi connectivity index (χ0n) is 11.4. The van der Waals surface area contributed by atoms with Gasteiger partial charge in [-0.25, -0.2) is 4.98 Å². The van der Waals surface area contributed by atoms with Gasteiger partial charge in [-0.05, 0) is 18.8 Å². The zero-order chi connectivity index (χ0) is 13.0. The van der Waals surface area contributed by atoms with Gasteiger partial charge in [0.05, 0.1) is 10.6 Å². The molecule has 0 spiro atoms. The van der Waals surface area contributed by atoms with Crippen LogP contribution in [-0.2, 0) is 0 Å². The van der Waals surface area contributed by atoms with Gasteiger partial charge in [-0.1, -0.05) is 39.0 Å². The van der Waals surface area contributed by atoms with E-state index in [0.717, 1.165) is 34.8 Å². The quantitative estimate of drug-likeness (QED) is 0.726. The molecule has 0 fully saturated rings. The Bertz CT molecular complexity index is 369. The van der Waals surface area contributed by atoms with Crippen molar-refractivity contribution < 1.29 is 4.79 Å². The van der Waals surface area contributed by atoms with Crippen LogP contribution in [0.25, 0.3) is 0 Å². The Kier molecular flexibility index (Phi) is 5.12. The van der Waals surface area contributed by atoms with E-state index < -0.39 is 0 Å². The minimum Gasteiger partial charge on any atom is -0.348 e. The average Bonchev–Trinajstić information content (AvgIpc) is 2.74. The summed E-state index contributed by atoms with van der Waals surface area (Å²) in [6.45, 7) is 8.51. The summed E-state index contributed by atoms with van der Waals surface area (Å²) >= 11 is 1.50. The fraction of sp³-hybridized carbons (Fsp3) is 0.692. The molecule has 1 rings (SSSR count). The first kappa shape index (κ1) is 14.2. The summed E-state index contributed by atoms with van der Waals surface area (Å²) in [5, 5.41) is 0.963. The number of carbonyl (C=O) groups excluding carboxylic acids is 1. The third kappa shape index (κ3) is 3.06. The number of carbonyl (C=O) groups is 1. The molecule has 0 unspecified atom stereocenters. The molecule has 0 bridgehead atoms. The second-order valence-corrected chi connectivity index (χ2v) is 5.61. The molecule has 0 aliphatic heterocycles. The van der Waals surface area contributed by atoms with Crippen LogP contribution in [0.3, 0.4) is 0 Å². The van der Waals surface area contributed by atoms with Crippen molar-refractivity contribution >= 4 is 22.8 Å². The first-order valence-corrected chi connectivity index (χ1v) is 7.05. The normalized spacial score (nSPS) is 11.2. The van der Waals surface area contributed by atoms with Crippen LogP contribution in [0.1, 0.15) is 61.8 Å². The van der Waals surface area contributed by atoms with Gasteiger partial charge >= 0.3 is 0 Å². The molecule has 0 N–H and O–H groups in total. The fourth-order valence-electron chi connectivity index (χ4n) is 1.97. The number of hydrogen-bond acceptors (Lipinski definition) is 4. The maximum atomic E-state index is 11.0. The maximum Gasteiger partial charge on any atom is 0.186 e. The predicted molar refractivity (Wildman–Crippen MR) is 74.4 cm³/mol. The van der Waals surface area contributed by atoms with Crippen LogP contribution >= 0.6 is 11.3 Å². The van der Waals surface area contributed by atoms with Crippen LogP contribution in [0, 0.1) is 0 Å². The Morgan fingerprint density at radius 3 is 2.29 bits per heavy atom. The largest absolute Gasteiger partial charge is 0.348 e. The van der Waals surface area contributed by atoms with Gasteiger partial charge in [0.15, 0.2) is 11.4 Å². The first-order chi connectivity index (χ1) is 8.04. The molecule has 0 aliphatic rings. The molecular weight excluding hydrogens is 232 g/mol. The molecule has 0 saturated carbocycles. The third-order valence-electron chi connectivity index (χ3n) is 3.12. The van der Waals surface area contributed by atoms with Gasteiger partial charge in [0.2, 0.25) is 0 Å². The highest BCUT2D eigenvalue weighted by atomic mass is 32.1. The predicted octanol–water partition coefficient (Wildman–Crippen LogP) is 3.70. The third-order valence-corrected chi connectivity index (χ3v) is 4.20. The van der Waals surface area contributed by atoms with E-state index >= 15 is 0 Å². The molecule has 3 nitrogen and oxygen atoms in total. The highest BCUT2D eigenvalue weighted by molar-refractivity contribution is 7.17. The molecule has 4 heteroatoms. The minimum absolute atomic E-state index is 0.301. The molecule has 0 radical (unpaired) electrons. The Balaban J connectivity index is 3.02. The number of hydrogen-bond donors (Lipinski definition) is 0. The lowest BCUT2D eigenvalue weighted by atomic mass is 10.1. The Labute approximate surface area is 108 Å². The smallest absolute Gasteiger partial charge is 0.186 e. The van der Waals surface area contributed by atoms with Crippen molar-refractivity contribution in [2.24, 2.45) is 0 Å². The maximum absolute atomic E-state index is 11.0. The lowest BCUT2D eigenvalue weighted by Crippen LogP contribution is -2.30. The van der Waals surface area contributed by atoms with E-state index in [1.54, 1.807) is 0 Å². The van der Waals surface area contributed by atoms with Gasteiger partial charge in [-0.3, -0.25) is 4.79 Å². The van der Waals surface area contributed by atoms with E-state index in [2.05, 4.69) is 44.6 Å². The van der Waals surface area contributed by atoms with Crippen LogP contribution in [0.15, 0.2) is 0 Å². The van der Waals surface area contributed by atoms with Gasteiger partial charge in [0, 0.05) is 13.1 Å². The highest BCUT2D eigenvalue weighted by Crippen LogP contribution is 2.30. The molecule has 0 amide bonds. The van der Waals surface area contributed by atoms with Crippen molar-refractivity contribution in [3.63, 3.8) is 0 Å². The van der Waals surface area contributed by atoms with Gasteiger partial charge < -0.3 is 4.90 Å². The minimum atomic E-state index is 0.301. The van der Waals surface area contributed by atoms with E-state index in [0.29, 0.717) is 12.0 Å². The van der Waals surface area contributed by atoms with Crippen molar-refractivity contribution in [3.8, 4) is 0 Å². The summed E-state index contributed by atoms with van der Waals surface area (Å²) in [6.07, 6.45) is 3.12. The lowest BCUT2D eigenvalue weighted by Gasteiger charge is -2.25. The molecule has 0 aliphatic carbocycles. The van der Waals surface area contributed by atoms with Gasteiger partial charge in [-0.2, -0.15) is 0 Å². The summed E-state index contributed by atoms with van der Waals surface area (Å²) in [5.41, 5.74) is 0.929. The van der Waals surface area contributed by atoms with Crippen LogP contribution in [0.5, 0.6) is 0 Å². The van der Waals surface area contributed by atoms with E-state index in [4.69, 9.17) is 0 Å². The Hall–Kier alpha value is -0.900. The van der Waals surface area contributed by atoms with Crippen LogP contribution in [-0.4, -0.2) is 24.4 Å². The van der Waals surface area contributed by atoms with Gasteiger partial charge in [0.25, 0.3) is 0 Å². The molecular formula is C13H22N2OS. The molecule has 0 aromatic carbocycles. The molecule has 1 aromatic heterocycles. The summed E-state index contributed by atoms with van der Waals surface area (Å²) in [5.74, 6) is 0.301. The van der Waals surface area contributed by atoms with Crippen LogP contribution in [0.4, 0.5) is 5.13 Å². The van der Waals surface area contributed by atoms with Gasteiger partial charge in [-0.15, -0.1) is 0 Å². The van der Waals surface area contributed by atoms with E-state index in [9.17, 15) is 4.79 Å².